The van der Waals surface area contributed by atoms with Gasteiger partial charge in [-0.15, -0.1) is 5.10 Å². The monoisotopic (exact) mass is 256 g/mol. The molecule has 0 fully saturated rings. The van der Waals surface area contributed by atoms with Gasteiger partial charge in [-0.3, -0.25) is 4.79 Å². The third-order valence-electron chi connectivity index (χ3n) is 2.61. The van der Waals surface area contributed by atoms with Crippen LogP contribution in [-0.2, 0) is 16.0 Å². The van der Waals surface area contributed by atoms with E-state index in [1.54, 1.807) is 11.8 Å². The van der Waals surface area contributed by atoms with Gasteiger partial charge in [0.15, 0.2) is 5.69 Å². The molecule has 1 amide bonds. The zero-order valence-electron chi connectivity index (χ0n) is 11.0. The third-order valence-corrected chi connectivity index (χ3v) is 2.61. The molecular formula is C11H20N4O3. The Labute approximate surface area is 106 Å². The van der Waals surface area contributed by atoms with Gasteiger partial charge in [0, 0.05) is 26.9 Å². The molecule has 0 aliphatic rings. The van der Waals surface area contributed by atoms with Crippen LogP contribution in [0.4, 0.5) is 0 Å². The maximum Gasteiger partial charge on any atom is 0.271 e. The van der Waals surface area contributed by atoms with Crippen LogP contribution in [0.5, 0.6) is 0 Å². The standard InChI is InChI=1S/C11H20N4O3/c1-4-18-7-5-6-15-10(8(2)17-3)9(11(12)16)13-14-15/h8H,4-7H2,1-3H3,(H2,12,16). The predicted octanol–water partition coefficient (Wildman–Crippen LogP) is 0.511. The number of hydrogen-bond donors (Lipinski definition) is 1. The minimum atomic E-state index is -0.593. The average Bonchev–Trinajstić information content (AvgIpc) is 2.77. The van der Waals surface area contributed by atoms with Crippen LogP contribution in [0.2, 0.25) is 0 Å². The molecule has 1 aromatic heterocycles. The van der Waals surface area contributed by atoms with Crippen LogP contribution < -0.4 is 5.73 Å². The maximum atomic E-state index is 11.3. The molecule has 1 rings (SSSR count). The SMILES string of the molecule is CCOCCCn1nnc(C(N)=O)c1C(C)OC. The number of carbonyl (C=O) groups is 1. The number of nitrogens with two attached hydrogens (primary N) is 1. The molecule has 0 saturated carbocycles. The van der Waals surface area contributed by atoms with Crippen molar-refractivity contribution in [1.29, 1.82) is 0 Å². The molecule has 18 heavy (non-hydrogen) atoms. The lowest BCUT2D eigenvalue weighted by Crippen LogP contribution is -2.18. The van der Waals surface area contributed by atoms with Gasteiger partial charge in [-0.1, -0.05) is 5.21 Å². The largest absolute Gasteiger partial charge is 0.382 e. The maximum absolute atomic E-state index is 11.3. The normalized spacial score (nSPS) is 12.6. The van der Waals surface area contributed by atoms with Crippen LogP contribution in [0.15, 0.2) is 0 Å². The van der Waals surface area contributed by atoms with E-state index >= 15 is 0 Å². The first kappa shape index (κ1) is 14.6. The lowest BCUT2D eigenvalue weighted by molar-refractivity contribution is 0.0957. The summed E-state index contributed by atoms with van der Waals surface area (Å²) in [5.41, 5.74) is 6.04. The number of nitrogens with zero attached hydrogens (tertiary/aromatic N) is 3. The number of primary amides is 1. The van der Waals surface area contributed by atoms with E-state index in [9.17, 15) is 4.79 Å². The molecule has 0 aliphatic heterocycles. The summed E-state index contributed by atoms with van der Waals surface area (Å²) < 4.78 is 12.1. The van der Waals surface area contributed by atoms with Crippen molar-refractivity contribution in [2.45, 2.75) is 32.9 Å². The Kier molecular flexibility index (Phi) is 5.73. The van der Waals surface area contributed by atoms with Crippen molar-refractivity contribution in [2.24, 2.45) is 5.73 Å². The van der Waals surface area contributed by atoms with Gasteiger partial charge in [0.25, 0.3) is 5.91 Å². The molecular weight excluding hydrogens is 236 g/mol. The van der Waals surface area contributed by atoms with E-state index in [1.165, 1.54) is 0 Å². The first-order chi connectivity index (χ1) is 8.61. The predicted molar refractivity (Wildman–Crippen MR) is 65.1 cm³/mol. The molecule has 0 aliphatic carbocycles. The van der Waals surface area contributed by atoms with Crippen LogP contribution in [0.25, 0.3) is 0 Å². The van der Waals surface area contributed by atoms with E-state index in [0.717, 1.165) is 6.42 Å². The van der Waals surface area contributed by atoms with E-state index in [-0.39, 0.29) is 11.8 Å². The van der Waals surface area contributed by atoms with Crippen molar-refractivity contribution in [3.05, 3.63) is 11.4 Å². The smallest absolute Gasteiger partial charge is 0.271 e. The first-order valence-electron chi connectivity index (χ1n) is 5.95. The number of aromatic nitrogens is 3. The van der Waals surface area contributed by atoms with Crippen molar-refractivity contribution >= 4 is 5.91 Å². The van der Waals surface area contributed by atoms with Gasteiger partial charge in [-0.2, -0.15) is 0 Å². The van der Waals surface area contributed by atoms with Crippen molar-refractivity contribution in [3.63, 3.8) is 0 Å². The van der Waals surface area contributed by atoms with E-state index in [2.05, 4.69) is 10.3 Å². The fourth-order valence-corrected chi connectivity index (χ4v) is 1.64. The molecule has 0 radical (unpaired) electrons. The van der Waals surface area contributed by atoms with Crippen LogP contribution in [0, 0.1) is 0 Å². The molecule has 1 heterocycles. The summed E-state index contributed by atoms with van der Waals surface area (Å²) in [5, 5.41) is 7.74. The summed E-state index contributed by atoms with van der Waals surface area (Å²) in [6, 6.07) is 0. The summed E-state index contributed by atoms with van der Waals surface area (Å²) in [6.07, 6.45) is 0.508. The van der Waals surface area contributed by atoms with E-state index in [0.29, 0.717) is 25.5 Å². The minimum absolute atomic E-state index is 0.167. The van der Waals surface area contributed by atoms with Crippen LogP contribution >= 0.6 is 0 Å². The van der Waals surface area contributed by atoms with Gasteiger partial charge >= 0.3 is 0 Å². The van der Waals surface area contributed by atoms with E-state index in [4.69, 9.17) is 15.2 Å². The van der Waals surface area contributed by atoms with Crippen molar-refractivity contribution in [3.8, 4) is 0 Å². The highest BCUT2D eigenvalue weighted by molar-refractivity contribution is 5.91. The van der Waals surface area contributed by atoms with Crippen molar-refractivity contribution in [1.82, 2.24) is 15.0 Å². The first-order valence-corrected chi connectivity index (χ1v) is 5.95. The highest BCUT2D eigenvalue weighted by Gasteiger charge is 2.22. The number of rotatable bonds is 8. The van der Waals surface area contributed by atoms with Gasteiger partial charge in [-0.05, 0) is 20.3 Å². The minimum Gasteiger partial charge on any atom is -0.382 e. The number of methoxy groups -OCH3 is 1. The fraction of sp³-hybridized carbons (Fsp3) is 0.727. The number of hydrogen-bond acceptors (Lipinski definition) is 5. The third kappa shape index (κ3) is 3.51. The molecule has 0 aromatic carbocycles. The number of aryl methyl sites for hydroxylation is 1. The Balaban J connectivity index is 2.80. The second-order valence-electron chi connectivity index (χ2n) is 3.84. The van der Waals surface area contributed by atoms with E-state index in [1.807, 2.05) is 13.8 Å². The molecule has 1 unspecified atom stereocenters. The van der Waals surface area contributed by atoms with Crippen molar-refractivity contribution in [2.75, 3.05) is 20.3 Å². The van der Waals surface area contributed by atoms with Crippen LogP contribution in [-0.4, -0.2) is 41.2 Å². The molecule has 102 valence electrons. The van der Waals surface area contributed by atoms with Gasteiger partial charge in [0.1, 0.15) is 5.69 Å². The molecule has 0 saturated heterocycles. The number of carbonyl (C=O) groups excluding carboxylic acids is 1. The highest BCUT2D eigenvalue weighted by Crippen LogP contribution is 2.18. The summed E-state index contributed by atoms with van der Waals surface area (Å²) in [4.78, 5) is 11.3. The Morgan fingerprint density at radius 2 is 2.28 bits per heavy atom. The van der Waals surface area contributed by atoms with Crippen LogP contribution in [0.1, 0.15) is 42.6 Å². The Bertz CT molecular complexity index is 392. The van der Waals surface area contributed by atoms with Gasteiger partial charge in [-0.25, -0.2) is 4.68 Å². The highest BCUT2D eigenvalue weighted by atomic mass is 16.5. The average molecular weight is 256 g/mol. The number of ether oxygens (including phenoxy) is 2. The van der Waals surface area contributed by atoms with Crippen molar-refractivity contribution < 1.29 is 14.3 Å². The quantitative estimate of drug-likeness (QED) is 0.684. The van der Waals surface area contributed by atoms with Crippen LogP contribution in [0.3, 0.4) is 0 Å². The Hall–Kier alpha value is -1.47. The molecule has 7 nitrogen and oxygen atoms in total. The van der Waals surface area contributed by atoms with Gasteiger partial charge in [0.05, 0.1) is 6.10 Å². The molecule has 7 heteroatoms. The summed E-state index contributed by atoms with van der Waals surface area (Å²) in [7, 11) is 1.56. The Morgan fingerprint density at radius 3 is 2.83 bits per heavy atom. The fourth-order valence-electron chi connectivity index (χ4n) is 1.64. The summed E-state index contributed by atoms with van der Waals surface area (Å²) >= 11 is 0. The molecule has 2 N–H and O–H groups in total. The second-order valence-corrected chi connectivity index (χ2v) is 3.84. The topological polar surface area (TPSA) is 92.3 Å². The lowest BCUT2D eigenvalue weighted by atomic mass is 10.2. The lowest BCUT2D eigenvalue weighted by Gasteiger charge is -2.12. The zero-order valence-corrected chi connectivity index (χ0v) is 11.0. The molecule has 0 bridgehead atoms. The van der Waals surface area contributed by atoms with E-state index < -0.39 is 5.91 Å². The second kappa shape index (κ2) is 7.07. The summed E-state index contributed by atoms with van der Waals surface area (Å²) in [6.45, 7) is 5.71. The molecule has 1 aromatic rings. The van der Waals surface area contributed by atoms with Gasteiger partial charge < -0.3 is 15.2 Å². The number of amides is 1. The molecule has 0 spiro atoms. The zero-order chi connectivity index (χ0) is 13.5. The van der Waals surface area contributed by atoms with Gasteiger partial charge in [0.2, 0.25) is 0 Å². The Morgan fingerprint density at radius 1 is 1.56 bits per heavy atom. The molecule has 1 atom stereocenters. The summed E-state index contributed by atoms with van der Waals surface area (Å²) in [5.74, 6) is -0.593.